The van der Waals surface area contributed by atoms with E-state index >= 15 is 0 Å². The first kappa shape index (κ1) is 18.3. The lowest BCUT2D eigenvalue weighted by Gasteiger charge is -2.42. The van der Waals surface area contributed by atoms with Crippen LogP contribution in [0.3, 0.4) is 0 Å². The van der Waals surface area contributed by atoms with Crippen LogP contribution < -0.4 is 14.8 Å². The van der Waals surface area contributed by atoms with Crippen LogP contribution in [0.25, 0.3) is 11.1 Å². The zero-order valence-electron chi connectivity index (χ0n) is 16.0. The lowest BCUT2D eigenvalue weighted by atomic mass is 9.67. The molecule has 0 heterocycles. The van der Waals surface area contributed by atoms with E-state index in [9.17, 15) is 14.7 Å². The van der Waals surface area contributed by atoms with Crippen LogP contribution in [0.1, 0.15) is 30.4 Å². The first-order valence-corrected chi connectivity index (χ1v) is 9.32. The number of hydrogen-bond acceptors (Lipinski definition) is 4. The van der Waals surface area contributed by atoms with Crippen LogP contribution >= 0.6 is 0 Å². The lowest BCUT2D eigenvalue weighted by molar-refractivity contribution is -0.116. The van der Waals surface area contributed by atoms with Gasteiger partial charge in [0.05, 0.1) is 14.2 Å². The summed E-state index contributed by atoms with van der Waals surface area (Å²) < 4.78 is 10.7. The molecule has 0 aromatic heterocycles. The van der Waals surface area contributed by atoms with Gasteiger partial charge in [-0.05, 0) is 60.1 Å². The normalized spacial score (nSPS) is 21.5. The standard InChI is InChI=1S/C22H23NO5/c1-27-18-6-4-15(12-19(18)28-2)14-3-5-17-16(11-14)7-8-21(9-10-21)22(17,13-24)23-20(25)26/h3-6,11-13,23H,7-10H2,1-2H3,(H,25,26)/t22-/m1/s1. The maximum Gasteiger partial charge on any atom is 0.405 e. The van der Waals surface area contributed by atoms with Crippen LogP contribution in [0.4, 0.5) is 4.79 Å². The van der Waals surface area contributed by atoms with Crippen molar-refractivity contribution in [2.75, 3.05) is 14.2 Å². The highest BCUT2D eigenvalue weighted by Crippen LogP contribution is 2.63. The van der Waals surface area contributed by atoms with Gasteiger partial charge < -0.3 is 24.7 Å². The molecule has 0 unspecified atom stereocenters. The Balaban J connectivity index is 1.79. The number of rotatable bonds is 5. The van der Waals surface area contributed by atoms with E-state index in [0.717, 1.165) is 54.2 Å². The summed E-state index contributed by atoms with van der Waals surface area (Å²) in [6, 6.07) is 11.6. The molecule has 1 spiro atoms. The number of benzene rings is 2. The van der Waals surface area contributed by atoms with Crippen LogP contribution in [0, 0.1) is 5.41 Å². The third-order valence-electron chi connectivity index (χ3n) is 6.29. The Bertz CT molecular complexity index is 950. The SMILES string of the molecule is COc1ccc(-c2ccc3c(c2)CCC2(CC2)[C@]3(C=O)NC(=O)O)cc1OC. The predicted molar refractivity (Wildman–Crippen MR) is 104 cm³/mol. The molecule has 0 radical (unpaired) electrons. The molecule has 0 aliphatic heterocycles. The van der Waals surface area contributed by atoms with Crippen LogP contribution in [-0.2, 0) is 16.8 Å². The highest BCUT2D eigenvalue weighted by Gasteiger charge is 2.63. The summed E-state index contributed by atoms with van der Waals surface area (Å²) in [5.41, 5.74) is 2.29. The molecule has 1 saturated carbocycles. The topological polar surface area (TPSA) is 84.9 Å². The van der Waals surface area contributed by atoms with Gasteiger partial charge in [0.2, 0.25) is 0 Å². The van der Waals surface area contributed by atoms with Crippen molar-refractivity contribution in [3.63, 3.8) is 0 Å². The summed E-state index contributed by atoms with van der Waals surface area (Å²) >= 11 is 0. The molecule has 2 aromatic rings. The molecule has 2 N–H and O–H groups in total. The molecule has 2 aliphatic rings. The minimum atomic E-state index is -1.17. The monoisotopic (exact) mass is 381 g/mol. The van der Waals surface area contributed by atoms with E-state index in [1.54, 1.807) is 14.2 Å². The largest absolute Gasteiger partial charge is 0.493 e. The van der Waals surface area contributed by atoms with Gasteiger partial charge in [0, 0.05) is 5.41 Å². The average Bonchev–Trinajstić information content (AvgIpc) is 3.50. The molecule has 2 aliphatic carbocycles. The van der Waals surface area contributed by atoms with Crippen molar-refractivity contribution in [1.29, 1.82) is 0 Å². The van der Waals surface area contributed by atoms with Gasteiger partial charge in [-0.3, -0.25) is 0 Å². The molecule has 146 valence electrons. The molecule has 1 amide bonds. The highest BCUT2D eigenvalue weighted by atomic mass is 16.5. The molecule has 0 saturated heterocycles. The first-order chi connectivity index (χ1) is 13.5. The van der Waals surface area contributed by atoms with Crippen molar-refractivity contribution < 1.29 is 24.2 Å². The van der Waals surface area contributed by atoms with Gasteiger partial charge in [-0.25, -0.2) is 4.79 Å². The Morgan fingerprint density at radius 3 is 2.32 bits per heavy atom. The number of methoxy groups -OCH3 is 2. The summed E-state index contributed by atoms with van der Waals surface area (Å²) in [5.74, 6) is 1.30. The Kier molecular flexibility index (Phi) is 4.29. The predicted octanol–water partition coefficient (Wildman–Crippen LogP) is 3.76. The van der Waals surface area contributed by atoms with Crippen LogP contribution in [0.5, 0.6) is 11.5 Å². The van der Waals surface area contributed by atoms with Gasteiger partial charge in [-0.2, -0.15) is 0 Å². The smallest absolute Gasteiger partial charge is 0.405 e. The van der Waals surface area contributed by atoms with Crippen LogP contribution in [-0.4, -0.2) is 31.7 Å². The third kappa shape index (κ3) is 2.63. The van der Waals surface area contributed by atoms with Crippen molar-refractivity contribution in [2.24, 2.45) is 5.41 Å². The Morgan fingerprint density at radius 2 is 1.71 bits per heavy atom. The fourth-order valence-electron chi connectivity index (χ4n) is 4.62. The van der Waals surface area contributed by atoms with E-state index in [1.807, 2.05) is 36.4 Å². The third-order valence-corrected chi connectivity index (χ3v) is 6.29. The van der Waals surface area contributed by atoms with E-state index in [0.29, 0.717) is 11.5 Å². The van der Waals surface area contributed by atoms with Gasteiger partial charge in [-0.15, -0.1) is 0 Å². The molecule has 2 aromatic carbocycles. The summed E-state index contributed by atoms with van der Waals surface area (Å²) in [6.45, 7) is 0. The summed E-state index contributed by atoms with van der Waals surface area (Å²) in [7, 11) is 3.19. The van der Waals surface area contributed by atoms with E-state index in [-0.39, 0.29) is 5.41 Å². The Hall–Kier alpha value is -3.02. The number of ether oxygens (including phenoxy) is 2. The maximum atomic E-state index is 12.2. The zero-order valence-corrected chi connectivity index (χ0v) is 16.0. The fourth-order valence-corrected chi connectivity index (χ4v) is 4.62. The van der Waals surface area contributed by atoms with Gasteiger partial charge in [-0.1, -0.05) is 24.3 Å². The minimum absolute atomic E-state index is 0.287. The number of amides is 1. The van der Waals surface area contributed by atoms with Crippen LogP contribution in [0.15, 0.2) is 36.4 Å². The number of aldehydes is 1. The minimum Gasteiger partial charge on any atom is -0.493 e. The van der Waals surface area contributed by atoms with E-state index in [2.05, 4.69) is 5.32 Å². The van der Waals surface area contributed by atoms with E-state index in [1.165, 1.54) is 0 Å². The molecule has 0 bridgehead atoms. The zero-order chi connectivity index (χ0) is 19.9. The fraction of sp³-hybridized carbons (Fsp3) is 0.364. The van der Waals surface area contributed by atoms with Gasteiger partial charge in [0.1, 0.15) is 5.54 Å². The molecule has 28 heavy (non-hydrogen) atoms. The van der Waals surface area contributed by atoms with Gasteiger partial charge in [0.25, 0.3) is 0 Å². The highest BCUT2D eigenvalue weighted by molar-refractivity contribution is 5.81. The van der Waals surface area contributed by atoms with Crippen molar-refractivity contribution in [2.45, 2.75) is 31.2 Å². The summed E-state index contributed by atoms with van der Waals surface area (Å²) in [5, 5.41) is 12.0. The van der Waals surface area contributed by atoms with Gasteiger partial charge in [0.15, 0.2) is 17.8 Å². The number of carbonyl (C=O) groups is 2. The number of aryl methyl sites for hydroxylation is 1. The molecular weight excluding hydrogens is 358 g/mol. The Morgan fingerprint density at radius 1 is 1.04 bits per heavy atom. The van der Waals surface area contributed by atoms with Crippen molar-refractivity contribution in [3.8, 4) is 22.6 Å². The summed E-state index contributed by atoms with van der Waals surface area (Å²) in [6.07, 6.45) is 2.98. The van der Waals surface area contributed by atoms with E-state index < -0.39 is 11.6 Å². The van der Waals surface area contributed by atoms with Crippen LogP contribution in [0.2, 0.25) is 0 Å². The molecule has 4 rings (SSSR count). The number of carboxylic acid groups (broad SMARTS) is 1. The van der Waals surface area contributed by atoms with Crippen molar-refractivity contribution >= 4 is 12.4 Å². The second-order valence-corrected chi connectivity index (χ2v) is 7.58. The molecule has 1 fully saturated rings. The molecule has 1 atom stereocenters. The summed E-state index contributed by atoms with van der Waals surface area (Å²) in [4.78, 5) is 23.7. The number of fused-ring (bicyclic) bond motifs is 1. The average molecular weight is 381 g/mol. The second-order valence-electron chi connectivity index (χ2n) is 7.58. The number of nitrogens with one attached hydrogen (secondary N) is 1. The lowest BCUT2D eigenvalue weighted by Crippen LogP contribution is -2.55. The maximum absolute atomic E-state index is 12.2. The van der Waals surface area contributed by atoms with Crippen molar-refractivity contribution in [1.82, 2.24) is 5.32 Å². The second kappa shape index (κ2) is 6.55. The van der Waals surface area contributed by atoms with Gasteiger partial charge >= 0.3 is 6.09 Å². The molecule has 6 nitrogen and oxygen atoms in total. The van der Waals surface area contributed by atoms with E-state index in [4.69, 9.17) is 9.47 Å². The molecule has 6 heteroatoms. The number of hydrogen-bond donors (Lipinski definition) is 2. The number of carbonyl (C=O) groups excluding carboxylic acids is 1. The molecular formula is C22H23NO5. The Labute approximate surface area is 163 Å². The van der Waals surface area contributed by atoms with Crippen molar-refractivity contribution in [3.05, 3.63) is 47.5 Å². The quantitative estimate of drug-likeness (QED) is 0.771. The first-order valence-electron chi connectivity index (χ1n) is 9.32.